The quantitative estimate of drug-likeness (QED) is 0.810. The zero-order valence-electron chi connectivity index (χ0n) is 10.3. The minimum atomic E-state index is 0.404. The Morgan fingerprint density at radius 2 is 2.24 bits per heavy atom. The van der Waals surface area contributed by atoms with Crippen molar-refractivity contribution in [3.8, 4) is 0 Å². The van der Waals surface area contributed by atoms with Crippen molar-refractivity contribution in [2.45, 2.75) is 26.8 Å². The molecule has 0 aromatic carbocycles. The normalized spacial score (nSPS) is 11.4. The van der Waals surface area contributed by atoms with Crippen LogP contribution in [0, 0.1) is 6.92 Å². The van der Waals surface area contributed by atoms with Crippen molar-refractivity contribution in [2.75, 3.05) is 16.8 Å². The molecule has 0 aliphatic heterocycles. The monoisotopic (exact) mass is 297 g/mol. The molecule has 0 aliphatic carbocycles. The first-order valence-corrected chi connectivity index (χ1v) is 6.75. The van der Waals surface area contributed by atoms with Gasteiger partial charge in [0.2, 0.25) is 0 Å². The van der Waals surface area contributed by atoms with Crippen molar-refractivity contribution in [1.29, 1.82) is 0 Å². The summed E-state index contributed by atoms with van der Waals surface area (Å²) in [4.78, 5) is 10.8. The largest absolute Gasteiger partial charge is 0.353 e. The summed E-state index contributed by atoms with van der Waals surface area (Å²) in [7, 11) is 0. The summed E-state index contributed by atoms with van der Waals surface area (Å²) in [5, 5.41) is 5.15. The molecule has 2 heterocycles. The van der Waals surface area contributed by atoms with Crippen molar-refractivity contribution in [3.63, 3.8) is 0 Å². The summed E-state index contributed by atoms with van der Waals surface area (Å²) < 4.78 is 1.79. The predicted octanol–water partition coefficient (Wildman–Crippen LogP) is 2.04. The van der Waals surface area contributed by atoms with E-state index in [2.05, 4.69) is 49.7 Å². The Morgan fingerprint density at radius 1 is 1.47 bits per heavy atom. The molecule has 0 amide bonds. The number of hydrogen-bond donors (Lipinski definition) is 0. The molecule has 0 fully saturated rings. The molecule has 0 saturated carbocycles. The van der Waals surface area contributed by atoms with E-state index in [-0.39, 0.29) is 0 Å². The van der Waals surface area contributed by atoms with Crippen LogP contribution in [0.1, 0.15) is 19.5 Å². The molecule has 0 bridgehead atoms. The Balaban J connectivity index is 2.54. The lowest BCUT2D eigenvalue weighted by atomic mass is 10.3. The second-order valence-corrected chi connectivity index (χ2v) is 5.00. The lowest BCUT2D eigenvalue weighted by Crippen LogP contribution is -2.34. The Labute approximate surface area is 109 Å². The summed E-state index contributed by atoms with van der Waals surface area (Å²) >= 11 is 3.49. The molecular weight excluding hydrogens is 282 g/mol. The van der Waals surface area contributed by atoms with Crippen LogP contribution in [0.15, 0.2) is 12.4 Å². The Kier molecular flexibility index (Phi) is 3.61. The van der Waals surface area contributed by atoms with Crippen LogP contribution in [0.25, 0.3) is 5.78 Å². The van der Waals surface area contributed by atoms with Crippen molar-refractivity contribution >= 4 is 27.5 Å². The summed E-state index contributed by atoms with van der Waals surface area (Å²) in [5.74, 6) is 1.69. The standard InChI is InChI=1S/C11H16BrN5/c1-8(2)16(5-4-12)10-6-9(3)15-11-13-7-14-17(10)11/h6-8H,4-5H2,1-3H3. The van der Waals surface area contributed by atoms with E-state index >= 15 is 0 Å². The third kappa shape index (κ3) is 2.41. The van der Waals surface area contributed by atoms with Crippen molar-refractivity contribution in [1.82, 2.24) is 19.6 Å². The molecule has 2 aromatic rings. The second kappa shape index (κ2) is 5.00. The SMILES string of the molecule is Cc1cc(N(CCBr)C(C)C)n2ncnc2n1. The maximum absolute atomic E-state index is 4.35. The fourth-order valence-electron chi connectivity index (χ4n) is 1.84. The molecule has 0 atom stereocenters. The zero-order chi connectivity index (χ0) is 12.4. The van der Waals surface area contributed by atoms with Gasteiger partial charge >= 0.3 is 0 Å². The molecule has 5 nitrogen and oxygen atoms in total. The molecule has 0 spiro atoms. The second-order valence-electron chi connectivity index (χ2n) is 4.20. The average molecular weight is 298 g/mol. The Morgan fingerprint density at radius 3 is 2.88 bits per heavy atom. The van der Waals surface area contributed by atoms with Gasteiger partial charge in [0.25, 0.3) is 5.78 Å². The highest BCUT2D eigenvalue weighted by atomic mass is 79.9. The topological polar surface area (TPSA) is 46.3 Å². The van der Waals surface area contributed by atoms with Gasteiger partial charge in [0.05, 0.1) is 0 Å². The lowest BCUT2D eigenvalue weighted by Gasteiger charge is -2.28. The molecule has 17 heavy (non-hydrogen) atoms. The highest BCUT2D eigenvalue weighted by Crippen LogP contribution is 2.18. The first kappa shape index (κ1) is 12.3. The van der Waals surface area contributed by atoms with E-state index in [1.165, 1.54) is 6.33 Å². The van der Waals surface area contributed by atoms with Gasteiger partial charge in [-0.2, -0.15) is 14.6 Å². The van der Waals surface area contributed by atoms with Crippen LogP contribution in [-0.4, -0.2) is 37.5 Å². The van der Waals surface area contributed by atoms with Crippen LogP contribution >= 0.6 is 15.9 Å². The van der Waals surface area contributed by atoms with Gasteiger partial charge in [-0.25, -0.2) is 4.98 Å². The van der Waals surface area contributed by atoms with Gasteiger partial charge in [-0.1, -0.05) is 15.9 Å². The molecule has 0 aliphatic rings. The highest BCUT2D eigenvalue weighted by Gasteiger charge is 2.15. The molecule has 2 rings (SSSR count). The maximum atomic E-state index is 4.35. The number of nitrogens with zero attached hydrogens (tertiary/aromatic N) is 5. The zero-order valence-corrected chi connectivity index (χ0v) is 11.8. The van der Waals surface area contributed by atoms with Crippen molar-refractivity contribution < 1.29 is 0 Å². The van der Waals surface area contributed by atoms with Gasteiger partial charge in [0.1, 0.15) is 12.1 Å². The van der Waals surface area contributed by atoms with Crippen LogP contribution in [0.3, 0.4) is 0 Å². The molecule has 0 radical (unpaired) electrons. The predicted molar refractivity (Wildman–Crippen MR) is 71.8 cm³/mol. The van der Waals surface area contributed by atoms with E-state index in [1.807, 2.05) is 13.0 Å². The maximum Gasteiger partial charge on any atom is 0.254 e. The average Bonchev–Trinajstić information content (AvgIpc) is 2.72. The first-order valence-electron chi connectivity index (χ1n) is 5.63. The van der Waals surface area contributed by atoms with Crippen molar-refractivity contribution in [3.05, 3.63) is 18.1 Å². The summed E-state index contributed by atoms with van der Waals surface area (Å²) in [6.07, 6.45) is 1.54. The summed E-state index contributed by atoms with van der Waals surface area (Å²) in [6.45, 7) is 7.24. The molecule has 92 valence electrons. The van der Waals surface area contributed by atoms with Crippen LogP contribution in [0.5, 0.6) is 0 Å². The molecular formula is C11H16BrN5. The van der Waals surface area contributed by atoms with E-state index in [0.29, 0.717) is 11.8 Å². The number of hydrogen-bond acceptors (Lipinski definition) is 4. The van der Waals surface area contributed by atoms with Gasteiger partial charge in [-0.3, -0.25) is 0 Å². The summed E-state index contributed by atoms with van der Waals surface area (Å²) in [6, 6.07) is 2.45. The van der Waals surface area contributed by atoms with E-state index in [0.717, 1.165) is 23.4 Å². The fourth-order valence-corrected chi connectivity index (χ4v) is 2.23. The van der Waals surface area contributed by atoms with Gasteiger partial charge in [-0.15, -0.1) is 0 Å². The minimum Gasteiger partial charge on any atom is -0.353 e. The van der Waals surface area contributed by atoms with E-state index in [9.17, 15) is 0 Å². The number of aromatic nitrogens is 4. The number of anilines is 1. The molecule has 6 heteroatoms. The summed E-state index contributed by atoms with van der Waals surface area (Å²) in [5.41, 5.74) is 0.959. The third-order valence-electron chi connectivity index (χ3n) is 2.60. The Bertz CT molecular complexity index is 508. The van der Waals surface area contributed by atoms with Gasteiger partial charge in [0, 0.05) is 29.7 Å². The lowest BCUT2D eigenvalue weighted by molar-refractivity contribution is 0.680. The molecule has 0 N–H and O–H groups in total. The van der Waals surface area contributed by atoms with E-state index < -0.39 is 0 Å². The number of aryl methyl sites for hydroxylation is 1. The first-order chi connectivity index (χ1) is 8.13. The van der Waals surface area contributed by atoms with E-state index in [1.54, 1.807) is 4.52 Å². The molecule has 2 aromatic heterocycles. The third-order valence-corrected chi connectivity index (χ3v) is 2.96. The van der Waals surface area contributed by atoms with Crippen LogP contribution in [0.2, 0.25) is 0 Å². The number of rotatable bonds is 4. The van der Waals surface area contributed by atoms with Gasteiger partial charge in [-0.05, 0) is 20.8 Å². The van der Waals surface area contributed by atoms with Crippen LogP contribution in [0.4, 0.5) is 5.82 Å². The fraction of sp³-hybridized carbons (Fsp3) is 0.545. The smallest absolute Gasteiger partial charge is 0.254 e. The van der Waals surface area contributed by atoms with E-state index in [4.69, 9.17) is 0 Å². The van der Waals surface area contributed by atoms with Gasteiger partial charge < -0.3 is 4.90 Å². The molecule has 0 unspecified atom stereocenters. The number of fused-ring (bicyclic) bond motifs is 1. The van der Waals surface area contributed by atoms with Crippen molar-refractivity contribution in [2.24, 2.45) is 0 Å². The van der Waals surface area contributed by atoms with Crippen LogP contribution < -0.4 is 4.90 Å². The molecule has 0 saturated heterocycles. The number of alkyl halides is 1. The highest BCUT2D eigenvalue weighted by molar-refractivity contribution is 9.09. The van der Waals surface area contributed by atoms with Crippen LogP contribution in [-0.2, 0) is 0 Å². The minimum absolute atomic E-state index is 0.404. The Hall–Kier alpha value is -1.17. The number of halogens is 1. The van der Waals surface area contributed by atoms with Gasteiger partial charge in [0.15, 0.2) is 0 Å².